The fraction of sp³-hybridized carbons (Fsp3) is 0.0833. The van der Waals surface area contributed by atoms with Gasteiger partial charge < -0.3 is 14.8 Å². The predicted molar refractivity (Wildman–Crippen MR) is 117 cm³/mol. The molecule has 1 N–H and O–H groups in total. The smallest absolute Gasteiger partial charge is 0.266 e. The van der Waals surface area contributed by atoms with E-state index in [1.807, 2.05) is 30.3 Å². The van der Waals surface area contributed by atoms with Gasteiger partial charge in [0.25, 0.3) is 5.91 Å². The maximum absolute atomic E-state index is 12.4. The first-order valence-corrected chi connectivity index (χ1v) is 9.50. The first-order valence-electron chi connectivity index (χ1n) is 9.12. The lowest BCUT2D eigenvalue weighted by atomic mass is 10.1. The van der Waals surface area contributed by atoms with Crippen LogP contribution >= 0.6 is 11.6 Å². The molecule has 6 heteroatoms. The van der Waals surface area contributed by atoms with Crippen molar-refractivity contribution in [3.05, 3.63) is 94.5 Å². The third-order valence-electron chi connectivity index (χ3n) is 4.26. The number of anilines is 1. The van der Waals surface area contributed by atoms with Gasteiger partial charge in [0.05, 0.1) is 7.11 Å². The molecule has 0 aliphatic carbocycles. The minimum atomic E-state index is -0.485. The number of carbonyl (C=O) groups is 1. The van der Waals surface area contributed by atoms with E-state index in [-0.39, 0.29) is 5.57 Å². The molecule has 0 heterocycles. The van der Waals surface area contributed by atoms with Gasteiger partial charge >= 0.3 is 0 Å². The van der Waals surface area contributed by atoms with Crippen molar-refractivity contribution in [3.63, 3.8) is 0 Å². The van der Waals surface area contributed by atoms with Crippen molar-refractivity contribution >= 4 is 29.3 Å². The van der Waals surface area contributed by atoms with Crippen LogP contribution in [0.25, 0.3) is 6.08 Å². The molecular formula is C24H19ClN2O3. The van der Waals surface area contributed by atoms with Crippen molar-refractivity contribution in [1.82, 2.24) is 0 Å². The highest BCUT2D eigenvalue weighted by atomic mass is 35.5. The summed E-state index contributed by atoms with van der Waals surface area (Å²) >= 11 is 6.13. The molecule has 5 nitrogen and oxygen atoms in total. The fourth-order valence-corrected chi connectivity index (χ4v) is 2.82. The Kier molecular flexibility index (Phi) is 7.09. The number of nitrogens with zero attached hydrogens (tertiary/aromatic N) is 1. The Bertz CT molecular complexity index is 1080. The molecule has 0 atom stereocenters. The molecular weight excluding hydrogens is 400 g/mol. The van der Waals surface area contributed by atoms with E-state index in [2.05, 4.69) is 5.32 Å². The van der Waals surface area contributed by atoms with Gasteiger partial charge in [-0.2, -0.15) is 5.26 Å². The summed E-state index contributed by atoms with van der Waals surface area (Å²) in [5.74, 6) is 0.857. The molecule has 0 fully saturated rings. The number of nitriles is 1. The molecule has 3 rings (SSSR count). The van der Waals surface area contributed by atoms with Crippen LogP contribution in [0.5, 0.6) is 11.5 Å². The Labute approximate surface area is 180 Å². The minimum absolute atomic E-state index is 0.00412. The molecule has 0 radical (unpaired) electrons. The number of amides is 1. The fourth-order valence-electron chi connectivity index (χ4n) is 2.62. The van der Waals surface area contributed by atoms with E-state index in [4.69, 9.17) is 21.1 Å². The standard InChI is InChI=1S/C24H19ClN2O3/c1-29-21-12-8-20(9-13-21)27-24(28)19(15-26)14-17-6-10-22(11-7-17)30-16-18-4-2-3-5-23(18)25/h2-14H,16H2,1H3,(H,27,28)/b19-14-. The lowest BCUT2D eigenvalue weighted by Crippen LogP contribution is -2.13. The van der Waals surface area contributed by atoms with E-state index in [0.717, 1.165) is 5.56 Å². The normalized spacial score (nSPS) is 10.8. The van der Waals surface area contributed by atoms with E-state index in [1.165, 1.54) is 6.08 Å². The molecule has 0 aliphatic rings. The first-order chi connectivity index (χ1) is 14.6. The molecule has 0 saturated carbocycles. The van der Waals surface area contributed by atoms with Crippen molar-refractivity contribution < 1.29 is 14.3 Å². The second-order valence-electron chi connectivity index (χ2n) is 6.30. The summed E-state index contributed by atoms with van der Waals surface area (Å²) in [7, 11) is 1.57. The van der Waals surface area contributed by atoms with Crippen LogP contribution in [0.4, 0.5) is 5.69 Å². The zero-order chi connectivity index (χ0) is 21.3. The maximum atomic E-state index is 12.4. The van der Waals surface area contributed by atoms with Gasteiger partial charge in [0.15, 0.2) is 0 Å². The number of carbonyl (C=O) groups excluding carboxylic acids is 1. The molecule has 0 unspecified atom stereocenters. The van der Waals surface area contributed by atoms with E-state index in [1.54, 1.807) is 55.6 Å². The van der Waals surface area contributed by atoms with Crippen LogP contribution in [0.3, 0.4) is 0 Å². The number of ether oxygens (including phenoxy) is 2. The highest BCUT2D eigenvalue weighted by Crippen LogP contribution is 2.20. The van der Waals surface area contributed by atoms with E-state index < -0.39 is 5.91 Å². The molecule has 1 amide bonds. The van der Waals surface area contributed by atoms with Crippen LogP contribution in [0.2, 0.25) is 5.02 Å². The second kappa shape index (κ2) is 10.1. The zero-order valence-corrected chi connectivity index (χ0v) is 17.0. The minimum Gasteiger partial charge on any atom is -0.497 e. The van der Waals surface area contributed by atoms with Gasteiger partial charge in [-0.3, -0.25) is 4.79 Å². The largest absolute Gasteiger partial charge is 0.497 e. The summed E-state index contributed by atoms with van der Waals surface area (Å²) in [5.41, 5.74) is 2.17. The quantitative estimate of drug-likeness (QED) is 0.407. The Hall–Kier alpha value is -3.75. The van der Waals surface area contributed by atoms with Gasteiger partial charge in [-0.1, -0.05) is 41.9 Å². The molecule has 150 valence electrons. The number of rotatable bonds is 7. The van der Waals surface area contributed by atoms with Gasteiger partial charge in [0, 0.05) is 16.3 Å². The lowest BCUT2D eigenvalue weighted by Gasteiger charge is -2.08. The number of hydrogen-bond acceptors (Lipinski definition) is 4. The van der Waals surface area contributed by atoms with E-state index in [0.29, 0.717) is 34.4 Å². The summed E-state index contributed by atoms with van der Waals surface area (Å²) in [6, 6.07) is 23.4. The molecule has 30 heavy (non-hydrogen) atoms. The summed E-state index contributed by atoms with van der Waals surface area (Å²) < 4.78 is 10.8. The van der Waals surface area contributed by atoms with Crippen molar-refractivity contribution in [2.45, 2.75) is 6.61 Å². The van der Waals surface area contributed by atoms with Gasteiger partial charge in [-0.15, -0.1) is 0 Å². The van der Waals surface area contributed by atoms with Crippen LogP contribution in [0.1, 0.15) is 11.1 Å². The molecule has 3 aromatic carbocycles. The van der Waals surface area contributed by atoms with Crippen LogP contribution < -0.4 is 14.8 Å². The highest BCUT2D eigenvalue weighted by Gasteiger charge is 2.10. The van der Waals surface area contributed by atoms with Crippen molar-refractivity contribution in [2.24, 2.45) is 0 Å². The van der Waals surface area contributed by atoms with Gasteiger partial charge in [0.1, 0.15) is 29.7 Å². The van der Waals surface area contributed by atoms with Crippen molar-refractivity contribution in [1.29, 1.82) is 5.26 Å². The molecule has 0 aromatic heterocycles. The van der Waals surface area contributed by atoms with E-state index >= 15 is 0 Å². The highest BCUT2D eigenvalue weighted by molar-refractivity contribution is 6.31. The van der Waals surface area contributed by atoms with Gasteiger partial charge in [0.2, 0.25) is 0 Å². The second-order valence-corrected chi connectivity index (χ2v) is 6.71. The zero-order valence-electron chi connectivity index (χ0n) is 16.3. The number of nitrogens with one attached hydrogen (secondary N) is 1. The van der Waals surface area contributed by atoms with Crippen LogP contribution in [0, 0.1) is 11.3 Å². The number of methoxy groups -OCH3 is 1. The molecule has 0 spiro atoms. The van der Waals surface area contributed by atoms with Crippen molar-refractivity contribution in [3.8, 4) is 17.6 Å². The van der Waals surface area contributed by atoms with Gasteiger partial charge in [-0.25, -0.2) is 0 Å². The molecule has 0 bridgehead atoms. The average Bonchev–Trinajstić information content (AvgIpc) is 2.78. The first kappa shape index (κ1) is 21.0. The van der Waals surface area contributed by atoms with Gasteiger partial charge in [-0.05, 0) is 54.1 Å². The average molecular weight is 419 g/mol. The predicted octanol–water partition coefficient (Wildman–Crippen LogP) is 5.47. The Morgan fingerprint density at radius 3 is 2.33 bits per heavy atom. The van der Waals surface area contributed by atoms with Crippen LogP contribution in [-0.4, -0.2) is 13.0 Å². The summed E-state index contributed by atoms with van der Waals surface area (Å²) in [5, 5.41) is 12.7. The maximum Gasteiger partial charge on any atom is 0.266 e. The molecule has 0 aliphatic heterocycles. The third kappa shape index (κ3) is 5.63. The van der Waals surface area contributed by atoms with Crippen molar-refractivity contribution in [2.75, 3.05) is 12.4 Å². The third-order valence-corrected chi connectivity index (χ3v) is 4.62. The topological polar surface area (TPSA) is 71.3 Å². The van der Waals surface area contributed by atoms with Crippen LogP contribution in [0.15, 0.2) is 78.4 Å². The Balaban J connectivity index is 1.64. The Morgan fingerprint density at radius 2 is 1.70 bits per heavy atom. The summed E-state index contributed by atoms with van der Waals surface area (Å²) in [4.78, 5) is 12.4. The van der Waals surface area contributed by atoms with E-state index in [9.17, 15) is 10.1 Å². The monoisotopic (exact) mass is 418 g/mol. The lowest BCUT2D eigenvalue weighted by molar-refractivity contribution is -0.112. The number of benzene rings is 3. The summed E-state index contributed by atoms with van der Waals surface area (Å²) in [6.45, 7) is 0.350. The summed E-state index contributed by atoms with van der Waals surface area (Å²) in [6.07, 6.45) is 1.52. The number of hydrogen-bond donors (Lipinski definition) is 1. The Morgan fingerprint density at radius 1 is 1.03 bits per heavy atom. The SMILES string of the molecule is COc1ccc(NC(=O)/C(C#N)=C\c2ccc(OCc3ccccc3Cl)cc2)cc1. The molecule has 3 aromatic rings. The van der Waals surface area contributed by atoms with Crippen LogP contribution in [-0.2, 0) is 11.4 Å². The molecule has 0 saturated heterocycles. The number of halogens is 1.